The third-order valence-electron chi connectivity index (χ3n) is 2.53. The molecule has 0 unspecified atom stereocenters. The molecule has 2 nitrogen and oxygen atoms in total. The highest BCUT2D eigenvalue weighted by molar-refractivity contribution is 6.42. The van der Waals surface area contributed by atoms with Crippen LogP contribution in [0.25, 0.3) is 0 Å². The summed E-state index contributed by atoms with van der Waals surface area (Å²) in [5, 5.41) is 0.529. The molecule has 0 spiro atoms. The normalized spacial score (nSPS) is 11.3. The molecule has 110 valence electrons. The smallest absolute Gasteiger partial charge is 0.406 e. The standard InChI is InChI=1S/C14H7Cl2F3O2/c15-11-6-3-9(7-12(11)16)13(20)8-1-4-10(5-2-8)21-14(17,18)19/h1-7H. The van der Waals surface area contributed by atoms with E-state index in [0.717, 1.165) is 12.1 Å². The SMILES string of the molecule is O=C(c1ccc(OC(F)(F)F)cc1)c1ccc(Cl)c(Cl)c1. The summed E-state index contributed by atoms with van der Waals surface area (Å²) in [6.07, 6.45) is -4.77. The number of carbonyl (C=O) groups excluding carboxylic acids is 1. The first-order valence-electron chi connectivity index (χ1n) is 5.62. The van der Waals surface area contributed by atoms with Crippen LogP contribution < -0.4 is 4.74 Å². The zero-order valence-electron chi connectivity index (χ0n) is 10.2. The van der Waals surface area contributed by atoms with Crippen molar-refractivity contribution in [1.29, 1.82) is 0 Å². The Labute approximate surface area is 128 Å². The van der Waals surface area contributed by atoms with Crippen LogP contribution >= 0.6 is 23.2 Å². The van der Waals surface area contributed by atoms with E-state index in [1.165, 1.54) is 30.3 Å². The lowest BCUT2D eigenvalue weighted by atomic mass is 10.0. The Bertz CT molecular complexity index is 667. The van der Waals surface area contributed by atoms with Gasteiger partial charge < -0.3 is 4.74 Å². The lowest BCUT2D eigenvalue weighted by Gasteiger charge is -2.09. The molecule has 0 bridgehead atoms. The molecule has 0 aliphatic heterocycles. The highest BCUT2D eigenvalue weighted by Crippen LogP contribution is 2.26. The zero-order chi connectivity index (χ0) is 15.6. The predicted molar refractivity (Wildman–Crippen MR) is 73.0 cm³/mol. The predicted octanol–water partition coefficient (Wildman–Crippen LogP) is 5.12. The van der Waals surface area contributed by atoms with Gasteiger partial charge in [-0.05, 0) is 42.5 Å². The van der Waals surface area contributed by atoms with Crippen LogP contribution in [-0.2, 0) is 0 Å². The van der Waals surface area contributed by atoms with Gasteiger partial charge in [-0.25, -0.2) is 0 Å². The van der Waals surface area contributed by atoms with Crippen molar-refractivity contribution in [2.45, 2.75) is 6.36 Å². The molecule has 0 heterocycles. The second-order valence-electron chi connectivity index (χ2n) is 4.03. The Kier molecular flexibility index (Phi) is 4.44. The van der Waals surface area contributed by atoms with Crippen molar-refractivity contribution < 1.29 is 22.7 Å². The largest absolute Gasteiger partial charge is 0.573 e. The number of hydrogen-bond acceptors (Lipinski definition) is 2. The molecule has 0 saturated carbocycles. The van der Waals surface area contributed by atoms with Gasteiger partial charge in [0.05, 0.1) is 10.0 Å². The number of ether oxygens (including phenoxy) is 1. The molecule has 0 atom stereocenters. The maximum absolute atomic E-state index is 12.1. The molecular formula is C14H7Cl2F3O2. The van der Waals surface area contributed by atoms with Gasteiger partial charge in [-0.2, -0.15) is 0 Å². The molecule has 0 N–H and O–H groups in total. The minimum atomic E-state index is -4.77. The Morgan fingerprint density at radius 1 is 0.905 bits per heavy atom. The van der Waals surface area contributed by atoms with Crippen LogP contribution in [0.15, 0.2) is 42.5 Å². The fourth-order valence-electron chi connectivity index (χ4n) is 1.61. The van der Waals surface area contributed by atoms with E-state index in [-0.39, 0.29) is 21.9 Å². The topological polar surface area (TPSA) is 26.3 Å². The molecule has 0 fully saturated rings. The fourth-order valence-corrected chi connectivity index (χ4v) is 1.91. The molecule has 0 amide bonds. The van der Waals surface area contributed by atoms with E-state index in [0.29, 0.717) is 5.02 Å². The van der Waals surface area contributed by atoms with Crippen molar-refractivity contribution in [3.05, 3.63) is 63.6 Å². The lowest BCUT2D eigenvalue weighted by molar-refractivity contribution is -0.274. The van der Waals surface area contributed by atoms with Gasteiger partial charge in [-0.1, -0.05) is 23.2 Å². The van der Waals surface area contributed by atoms with Crippen LogP contribution in [0.3, 0.4) is 0 Å². The van der Waals surface area contributed by atoms with E-state index in [4.69, 9.17) is 23.2 Å². The molecule has 0 aromatic heterocycles. The van der Waals surface area contributed by atoms with Crippen molar-refractivity contribution >= 4 is 29.0 Å². The number of hydrogen-bond donors (Lipinski definition) is 0. The Morgan fingerprint density at radius 3 is 2.00 bits per heavy atom. The van der Waals surface area contributed by atoms with Gasteiger partial charge in [0.25, 0.3) is 0 Å². The maximum Gasteiger partial charge on any atom is 0.573 e. The summed E-state index contributed by atoms with van der Waals surface area (Å²) in [7, 11) is 0. The van der Waals surface area contributed by atoms with E-state index >= 15 is 0 Å². The summed E-state index contributed by atoms with van der Waals surface area (Å²) >= 11 is 11.6. The van der Waals surface area contributed by atoms with Crippen LogP contribution in [0.2, 0.25) is 10.0 Å². The summed E-state index contributed by atoms with van der Waals surface area (Å²) in [5.74, 6) is -0.777. The van der Waals surface area contributed by atoms with Crippen molar-refractivity contribution in [2.24, 2.45) is 0 Å². The van der Waals surface area contributed by atoms with Gasteiger partial charge in [0, 0.05) is 11.1 Å². The molecule has 0 saturated heterocycles. The van der Waals surface area contributed by atoms with E-state index < -0.39 is 12.1 Å². The molecular weight excluding hydrogens is 328 g/mol. The van der Waals surface area contributed by atoms with Gasteiger partial charge in [0.15, 0.2) is 5.78 Å². The summed E-state index contributed by atoms with van der Waals surface area (Å²) in [5.41, 5.74) is 0.497. The van der Waals surface area contributed by atoms with E-state index in [9.17, 15) is 18.0 Å². The molecule has 7 heteroatoms. The van der Waals surface area contributed by atoms with Gasteiger partial charge in [0.1, 0.15) is 5.75 Å². The summed E-state index contributed by atoms with van der Waals surface area (Å²) in [4.78, 5) is 12.1. The van der Waals surface area contributed by atoms with E-state index in [1.54, 1.807) is 0 Å². The first-order valence-corrected chi connectivity index (χ1v) is 6.37. The second-order valence-corrected chi connectivity index (χ2v) is 4.84. The molecule has 0 radical (unpaired) electrons. The molecule has 2 aromatic rings. The number of alkyl halides is 3. The Balaban J connectivity index is 2.22. The van der Waals surface area contributed by atoms with E-state index in [1.807, 2.05) is 0 Å². The van der Waals surface area contributed by atoms with Gasteiger partial charge in [-0.15, -0.1) is 13.2 Å². The molecule has 21 heavy (non-hydrogen) atoms. The van der Waals surface area contributed by atoms with E-state index in [2.05, 4.69) is 4.74 Å². The van der Waals surface area contributed by atoms with Crippen LogP contribution in [0, 0.1) is 0 Å². The average Bonchev–Trinajstić information content (AvgIpc) is 2.40. The van der Waals surface area contributed by atoms with Crippen LogP contribution in [0.5, 0.6) is 5.75 Å². The number of carbonyl (C=O) groups is 1. The first kappa shape index (κ1) is 15.7. The summed E-state index contributed by atoms with van der Waals surface area (Å²) in [6, 6.07) is 8.97. The monoisotopic (exact) mass is 334 g/mol. The van der Waals surface area contributed by atoms with Gasteiger partial charge >= 0.3 is 6.36 Å². The van der Waals surface area contributed by atoms with Crippen molar-refractivity contribution in [2.75, 3.05) is 0 Å². The number of halogens is 5. The lowest BCUT2D eigenvalue weighted by Crippen LogP contribution is -2.17. The van der Waals surface area contributed by atoms with Crippen molar-refractivity contribution in [1.82, 2.24) is 0 Å². The van der Waals surface area contributed by atoms with Crippen LogP contribution in [-0.4, -0.2) is 12.1 Å². The van der Waals surface area contributed by atoms with Gasteiger partial charge in [-0.3, -0.25) is 4.79 Å². The zero-order valence-corrected chi connectivity index (χ0v) is 11.8. The quantitative estimate of drug-likeness (QED) is 0.728. The third-order valence-corrected chi connectivity index (χ3v) is 3.27. The first-order chi connectivity index (χ1) is 9.76. The fraction of sp³-hybridized carbons (Fsp3) is 0.0714. The number of rotatable bonds is 3. The van der Waals surface area contributed by atoms with Crippen molar-refractivity contribution in [3.63, 3.8) is 0 Å². The Morgan fingerprint density at radius 2 is 1.48 bits per heavy atom. The summed E-state index contributed by atoms with van der Waals surface area (Å²) in [6.45, 7) is 0. The molecule has 0 aliphatic rings. The van der Waals surface area contributed by atoms with Gasteiger partial charge in [0.2, 0.25) is 0 Å². The highest BCUT2D eigenvalue weighted by atomic mass is 35.5. The minimum Gasteiger partial charge on any atom is -0.406 e. The molecule has 0 aliphatic carbocycles. The van der Waals surface area contributed by atoms with Crippen LogP contribution in [0.1, 0.15) is 15.9 Å². The third kappa shape index (κ3) is 4.12. The average molecular weight is 335 g/mol. The number of benzene rings is 2. The number of ketones is 1. The minimum absolute atomic E-state index is 0.211. The van der Waals surface area contributed by atoms with Crippen molar-refractivity contribution in [3.8, 4) is 5.75 Å². The summed E-state index contributed by atoms with van der Waals surface area (Å²) < 4.78 is 39.8. The van der Waals surface area contributed by atoms with Crippen LogP contribution in [0.4, 0.5) is 13.2 Å². The Hall–Kier alpha value is -1.72. The molecule has 2 aromatic carbocycles. The second kappa shape index (κ2) is 5.95. The highest BCUT2D eigenvalue weighted by Gasteiger charge is 2.31. The molecule has 2 rings (SSSR count). The maximum atomic E-state index is 12.1.